The summed E-state index contributed by atoms with van der Waals surface area (Å²) in [6.45, 7) is 7.36. The van der Waals surface area contributed by atoms with Crippen LogP contribution in [0.2, 0.25) is 10.0 Å². The third-order valence-electron chi connectivity index (χ3n) is 5.15. The van der Waals surface area contributed by atoms with Crippen molar-refractivity contribution in [3.63, 3.8) is 0 Å². The molecule has 0 amide bonds. The van der Waals surface area contributed by atoms with E-state index in [-0.39, 0.29) is 0 Å². The molecule has 1 fully saturated rings. The number of aryl methyl sites for hydroxylation is 1. The molecule has 2 aromatic rings. The van der Waals surface area contributed by atoms with E-state index in [2.05, 4.69) is 10.00 Å². The lowest BCUT2D eigenvalue weighted by Crippen LogP contribution is -2.38. The second kappa shape index (κ2) is 8.23. The molecule has 1 aromatic heterocycles. The second-order valence-corrected chi connectivity index (χ2v) is 7.83. The third-order valence-corrected chi connectivity index (χ3v) is 5.89. The molecule has 0 N–H and O–H groups in total. The summed E-state index contributed by atoms with van der Waals surface area (Å²) in [6.07, 6.45) is 2.29. The zero-order chi connectivity index (χ0) is 18.8. The Morgan fingerprint density at radius 1 is 1.07 bits per heavy atom. The van der Waals surface area contributed by atoms with Crippen molar-refractivity contribution >= 4 is 23.2 Å². The van der Waals surface area contributed by atoms with Gasteiger partial charge in [-0.15, -0.1) is 5.10 Å². The first-order chi connectivity index (χ1) is 13.1. The molecule has 5 nitrogen and oxygen atoms in total. The van der Waals surface area contributed by atoms with Gasteiger partial charge in [-0.05, 0) is 43.5 Å². The highest BCUT2D eigenvalue weighted by atomic mass is 35.5. The predicted octanol–water partition coefficient (Wildman–Crippen LogP) is 4.29. The molecule has 1 aromatic carbocycles. The average Bonchev–Trinajstić information content (AvgIpc) is 3.03. The summed E-state index contributed by atoms with van der Waals surface area (Å²) < 4.78 is 13.2. The van der Waals surface area contributed by atoms with Gasteiger partial charge in [0, 0.05) is 31.4 Å². The van der Waals surface area contributed by atoms with Crippen molar-refractivity contribution in [2.24, 2.45) is 0 Å². The number of ether oxygens (including phenoxy) is 2. The van der Waals surface area contributed by atoms with Gasteiger partial charge in [0.05, 0.1) is 28.9 Å². The summed E-state index contributed by atoms with van der Waals surface area (Å²) in [6, 6.07) is 7.43. The monoisotopic (exact) mass is 407 g/mol. The molecule has 2 aliphatic rings. The fourth-order valence-electron chi connectivity index (χ4n) is 3.43. The average molecular weight is 408 g/mol. The summed E-state index contributed by atoms with van der Waals surface area (Å²) >= 11 is 12.1. The Bertz CT molecular complexity index is 857. The van der Waals surface area contributed by atoms with Gasteiger partial charge in [-0.25, -0.2) is 4.68 Å². The maximum Gasteiger partial charge on any atom is 0.233 e. The fraction of sp³-hybridized carbons (Fsp3) is 0.450. The van der Waals surface area contributed by atoms with Crippen LogP contribution in [0.1, 0.15) is 18.5 Å². The number of aromatic nitrogens is 2. The Morgan fingerprint density at radius 2 is 1.85 bits per heavy atom. The quantitative estimate of drug-likeness (QED) is 0.669. The Hall–Kier alpha value is -1.53. The third kappa shape index (κ3) is 4.32. The van der Waals surface area contributed by atoms with Crippen LogP contribution >= 0.6 is 23.2 Å². The fourth-order valence-corrected chi connectivity index (χ4v) is 3.72. The van der Waals surface area contributed by atoms with Crippen molar-refractivity contribution in [2.75, 3.05) is 39.5 Å². The predicted molar refractivity (Wildman–Crippen MR) is 107 cm³/mol. The zero-order valence-electron chi connectivity index (χ0n) is 15.4. The maximum atomic E-state index is 6.13. The summed E-state index contributed by atoms with van der Waals surface area (Å²) in [5.74, 6) is 0.628. The molecule has 27 heavy (non-hydrogen) atoms. The highest BCUT2D eigenvalue weighted by molar-refractivity contribution is 6.42. The molecular weight excluding hydrogens is 385 g/mol. The van der Waals surface area contributed by atoms with E-state index in [4.69, 9.17) is 32.7 Å². The molecule has 0 unspecified atom stereocenters. The highest BCUT2D eigenvalue weighted by Gasteiger charge is 2.21. The number of halogens is 2. The van der Waals surface area contributed by atoms with E-state index in [9.17, 15) is 0 Å². The van der Waals surface area contributed by atoms with Gasteiger partial charge >= 0.3 is 0 Å². The van der Waals surface area contributed by atoms with Crippen molar-refractivity contribution in [1.29, 1.82) is 0 Å². The molecular formula is C20H23Cl2N3O2. The minimum absolute atomic E-state index is 0.513. The number of hydrogen-bond acceptors (Lipinski definition) is 4. The Labute approximate surface area is 169 Å². The lowest BCUT2D eigenvalue weighted by molar-refractivity contribution is 0.0413. The van der Waals surface area contributed by atoms with Crippen LogP contribution in [0, 0.1) is 6.92 Å². The number of nitrogens with zero attached hydrogens (tertiary/aromatic N) is 3. The van der Waals surface area contributed by atoms with Gasteiger partial charge in [0.2, 0.25) is 5.88 Å². The molecule has 0 radical (unpaired) electrons. The van der Waals surface area contributed by atoms with Crippen LogP contribution in [0.15, 0.2) is 35.4 Å². The Kier molecular flexibility index (Phi) is 5.74. The number of rotatable bonds is 6. The van der Waals surface area contributed by atoms with Crippen molar-refractivity contribution in [3.8, 4) is 11.6 Å². The SMILES string of the molecule is Cc1cc(OCC2=C(CN3CCOCC3)CC2)nn1-c1ccc(Cl)c(Cl)c1. The number of morpholine rings is 1. The first-order valence-corrected chi connectivity index (χ1v) is 10.0. The van der Waals surface area contributed by atoms with Crippen LogP contribution in [-0.2, 0) is 4.74 Å². The molecule has 0 bridgehead atoms. The molecule has 7 heteroatoms. The number of hydrogen-bond donors (Lipinski definition) is 0. The van der Waals surface area contributed by atoms with Crippen LogP contribution in [0.4, 0.5) is 0 Å². The van der Waals surface area contributed by atoms with Gasteiger partial charge in [-0.2, -0.15) is 0 Å². The Balaban J connectivity index is 1.40. The van der Waals surface area contributed by atoms with Gasteiger partial charge in [-0.3, -0.25) is 4.90 Å². The normalized spacial score (nSPS) is 17.9. The minimum atomic E-state index is 0.513. The molecule has 4 rings (SSSR count). The molecule has 2 heterocycles. The summed E-state index contributed by atoms with van der Waals surface area (Å²) in [5, 5.41) is 5.61. The van der Waals surface area contributed by atoms with E-state index in [0.717, 1.165) is 50.7 Å². The standard InChI is InChI=1S/C20H23Cl2N3O2/c1-14-10-20(23-25(14)17-4-5-18(21)19(22)11-17)27-13-16-3-2-15(16)12-24-6-8-26-9-7-24/h4-5,10-11H,2-3,6-9,12-13H2,1H3. The highest BCUT2D eigenvalue weighted by Crippen LogP contribution is 2.30. The first-order valence-electron chi connectivity index (χ1n) is 9.25. The van der Waals surface area contributed by atoms with Crippen LogP contribution in [-0.4, -0.2) is 54.1 Å². The molecule has 0 spiro atoms. The van der Waals surface area contributed by atoms with Gasteiger partial charge in [0.25, 0.3) is 0 Å². The summed E-state index contributed by atoms with van der Waals surface area (Å²) in [5.41, 5.74) is 4.77. The molecule has 1 aliphatic heterocycles. The van der Waals surface area contributed by atoms with Crippen LogP contribution in [0.3, 0.4) is 0 Å². The van der Waals surface area contributed by atoms with E-state index in [1.807, 2.05) is 29.8 Å². The Morgan fingerprint density at radius 3 is 2.56 bits per heavy atom. The summed E-state index contributed by atoms with van der Waals surface area (Å²) in [4.78, 5) is 2.46. The van der Waals surface area contributed by atoms with Crippen molar-refractivity contribution in [1.82, 2.24) is 14.7 Å². The molecule has 0 saturated carbocycles. The van der Waals surface area contributed by atoms with Crippen molar-refractivity contribution < 1.29 is 9.47 Å². The van der Waals surface area contributed by atoms with Gasteiger partial charge < -0.3 is 9.47 Å². The summed E-state index contributed by atoms with van der Waals surface area (Å²) in [7, 11) is 0. The van der Waals surface area contributed by atoms with Crippen molar-refractivity contribution in [2.45, 2.75) is 19.8 Å². The zero-order valence-corrected chi connectivity index (χ0v) is 16.9. The van der Waals surface area contributed by atoms with Crippen LogP contribution in [0.5, 0.6) is 5.88 Å². The lowest BCUT2D eigenvalue weighted by Gasteiger charge is -2.32. The topological polar surface area (TPSA) is 39.5 Å². The molecule has 144 valence electrons. The van der Waals surface area contributed by atoms with Crippen LogP contribution < -0.4 is 4.74 Å². The smallest absolute Gasteiger partial charge is 0.233 e. The van der Waals surface area contributed by atoms with Gasteiger partial charge in [-0.1, -0.05) is 28.8 Å². The first kappa shape index (κ1) is 18.8. The molecule has 1 aliphatic carbocycles. The maximum absolute atomic E-state index is 6.13. The van der Waals surface area contributed by atoms with Gasteiger partial charge in [0.15, 0.2) is 0 Å². The lowest BCUT2D eigenvalue weighted by atomic mass is 9.88. The minimum Gasteiger partial charge on any atom is -0.472 e. The number of benzene rings is 1. The van der Waals surface area contributed by atoms with Gasteiger partial charge in [0.1, 0.15) is 6.61 Å². The largest absolute Gasteiger partial charge is 0.472 e. The molecule has 0 atom stereocenters. The second-order valence-electron chi connectivity index (χ2n) is 7.02. The van der Waals surface area contributed by atoms with E-state index in [1.165, 1.54) is 17.6 Å². The van der Waals surface area contributed by atoms with E-state index < -0.39 is 0 Å². The van der Waals surface area contributed by atoms with Crippen LogP contribution in [0.25, 0.3) is 5.69 Å². The van der Waals surface area contributed by atoms with E-state index in [1.54, 1.807) is 6.07 Å². The van der Waals surface area contributed by atoms with E-state index >= 15 is 0 Å². The van der Waals surface area contributed by atoms with E-state index in [0.29, 0.717) is 22.5 Å². The molecule has 1 saturated heterocycles. The van der Waals surface area contributed by atoms with Crippen molar-refractivity contribution in [3.05, 3.63) is 51.2 Å².